The van der Waals surface area contributed by atoms with E-state index in [-0.39, 0.29) is 16.7 Å². The summed E-state index contributed by atoms with van der Waals surface area (Å²) in [6.45, 7) is 0.914. The summed E-state index contributed by atoms with van der Waals surface area (Å²) >= 11 is 0. The molecular weight excluding hydrogens is 397 g/mol. The molecule has 2 aliphatic rings. The van der Waals surface area contributed by atoms with E-state index in [1.807, 2.05) is 0 Å². The molecule has 4 rings (SSSR count). The topological polar surface area (TPSA) is 66.5 Å². The highest BCUT2D eigenvalue weighted by Crippen LogP contribution is 2.35. The molecule has 0 spiro atoms. The molecule has 0 aromatic heterocycles. The zero-order valence-corrected chi connectivity index (χ0v) is 16.0. The number of hydrogen-bond donors (Lipinski definition) is 1. The minimum Gasteiger partial charge on any atom is -0.320 e. The molecule has 1 heterocycles. The van der Waals surface area contributed by atoms with Gasteiger partial charge in [0.2, 0.25) is 17.2 Å². The van der Waals surface area contributed by atoms with E-state index in [1.54, 1.807) is 29.2 Å². The molecule has 8 heteroatoms. The van der Waals surface area contributed by atoms with Crippen LogP contribution >= 0.6 is 0 Å². The monoisotopic (exact) mass is 416 g/mol. The number of halogens is 3. The molecule has 0 bridgehead atoms. The molecule has 1 fully saturated rings. The van der Waals surface area contributed by atoms with Crippen molar-refractivity contribution in [1.82, 2.24) is 10.2 Å². The summed E-state index contributed by atoms with van der Waals surface area (Å²) in [4.78, 5) is 41.3. The number of piperidine rings is 1. The van der Waals surface area contributed by atoms with Gasteiger partial charge in [-0.1, -0.05) is 30.7 Å². The van der Waals surface area contributed by atoms with Crippen LogP contribution in [-0.4, -0.2) is 41.1 Å². The lowest BCUT2D eigenvalue weighted by Gasteiger charge is -2.41. The van der Waals surface area contributed by atoms with Crippen LogP contribution in [0.1, 0.15) is 55.9 Å². The number of nitrogens with zero attached hydrogens (tertiary/aromatic N) is 1. The van der Waals surface area contributed by atoms with Crippen LogP contribution in [0.3, 0.4) is 0 Å². The molecule has 1 N–H and O–H groups in total. The van der Waals surface area contributed by atoms with Crippen molar-refractivity contribution in [2.75, 3.05) is 13.1 Å². The number of rotatable bonds is 3. The molecule has 2 aromatic carbocycles. The summed E-state index contributed by atoms with van der Waals surface area (Å²) in [5.74, 6) is -1.79. The first-order chi connectivity index (χ1) is 14.2. The van der Waals surface area contributed by atoms with Gasteiger partial charge in [0.15, 0.2) is 0 Å². The van der Waals surface area contributed by atoms with E-state index < -0.39 is 34.9 Å². The van der Waals surface area contributed by atoms with Crippen LogP contribution in [-0.2, 0) is 6.18 Å². The summed E-state index contributed by atoms with van der Waals surface area (Å²) in [6.07, 6.45) is -2.03. The first kappa shape index (κ1) is 20.3. The second-order valence-electron chi connectivity index (χ2n) is 7.49. The van der Waals surface area contributed by atoms with E-state index in [2.05, 4.69) is 5.32 Å². The quantitative estimate of drug-likeness (QED) is 0.775. The van der Waals surface area contributed by atoms with Gasteiger partial charge < -0.3 is 5.32 Å². The standard InChI is InChI=1S/C22H19F3N2O3/c23-22(24,25)15-10-8-14(9-11-15)20(30)26-21(27-12-4-1-5-13-27)18(28)16-6-2-3-7-17(16)19(21)29/h2-3,6-11H,1,4-5,12-13H2,(H,26,30). The number of Topliss-reactive ketones (excluding diaryl/α,β-unsaturated/α-hetero) is 2. The molecule has 1 aliphatic carbocycles. The van der Waals surface area contributed by atoms with Crippen LogP contribution in [0, 0.1) is 0 Å². The highest BCUT2D eigenvalue weighted by atomic mass is 19.4. The minimum absolute atomic E-state index is 0.0593. The highest BCUT2D eigenvalue weighted by molar-refractivity contribution is 6.33. The summed E-state index contributed by atoms with van der Waals surface area (Å²) in [5, 5.41) is 2.59. The van der Waals surface area contributed by atoms with Crippen molar-refractivity contribution in [1.29, 1.82) is 0 Å². The van der Waals surface area contributed by atoms with Crippen LogP contribution in [0.2, 0.25) is 0 Å². The normalized spacial score (nSPS) is 18.9. The number of alkyl halides is 3. The number of fused-ring (bicyclic) bond motifs is 1. The molecule has 5 nitrogen and oxygen atoms in total. The van der Waals surface area contributed by atoms with E-state index in [4.69, 9.17) is 0 Å². The maximum Gasteiger partial charge on any atom is 0.416 e. The van der Waals surface area contributed by atoms with E-state index in [1.165, 1.54) is 0 Å². The van der Waals surface area contributed by atoms with Crippen LogP contribution in [0.4, 0.5) is 13.2 Å². The third-order valence-corrected chi connectivity index (χ3v) is 5.67. The molecule has 156 valence electrons. The zero-order valence-electron chi connectivity index (χ0n) is 16.0. The molecule has 0 saturated carbocycles. The molecule has 1 saturated heterocycles. The van der Waals surface area contributed by atoms with Gasteiger partial charge >= 0.3 is 6.18 Å². The summed E-state index contributed by atoms with van der Waals surface area (Å²) in [5.41, 5.74) is -2.34. The van der Waals surface area contributed by atoms with Crippen molar-refractivity contribution >= 4 is 17.5 Å². The van der Waals surface area contributed by atoms with Crippen molar-refractivity contribution in [3.05, 3.63) is 70.8 Å². The number of carbonyl (C=O) groups excluding carboxylic acids is 3. The fraction of sp³-hybridized carbons (Fsp3) is 0.318. The summed E-state index contributed by atoms with van der Waals surface area (Å²) in [6, 6.07) is 10.1. The molecule has 1 amide bonds. The molecule has 1 aliphatic heterocycles. The number of hydrogen-bond acceptors (Lipinski definition) is 4. The Bertz CT molecular complexity index is 974. The van der Waals surface area contributed by atoms with E-state index >= 15 is 0 Å². The van der Waals surface area contributed by atoms with Gasteiger partial charge in [-0.3, -0.25) is 19.3 Å². The maximum atomic E-state index is 13.4. The lowest BCUT2D eigenvalue weighted by atomic mass is 9.97. The molecule has 0 atom stereocenters. The molecule has 0 unspecified atom stereocenters. The van der Waals surface area contributed by atoms with E-state index in [0.29, 0.717) is 13.1 Å². The van der Waals surface area contributed by atoms with Crippen LogP contribution in [0.15, 0.2) is 48.5 Å². The third-order valence-electron chi connectivity index (χ3n) is 5.67. The number of benzene rings is 2. The Kier molecular flexibility index (Phi) is 4.97. The Balaban J connectivity index is 1.71. The van der Waals surface area contributed by atoms with Crippen LogP contribution < -0.4 is 5.32 Å². The van der Waals surface area contributed by atoms with Crippen molar-refractivity contribution in [2.24, 2.45) is 0 Å². The van der Waals surface area contributed by atoms with Gasteiger partial charge in [0.1, 0.15) is 0 Å². The number of ketones is 2. The van der Waals surface area contributed by atoms with Gasteiger partial charge in [-0.15, -0.1) is 0 Å². The van der Waals surface area contributed by atoms with Crippen molar-refractivity contribution in [3.63, 3.8) is 0 Å². The maximum absolute atomic E-state index is 13.4. The fourth-order valence-corrected chi connectivity index (χ4v) is 4.13. The smallest absolute Gasteiger partial charge is 0.320 e. The van der Waals surface area contributed by atoms with Gasteiger partial charge in [0, 0.05) is 29.8 Å². The van der Waals surface area contributed by atoms with Gasteiger partial charge in [0.05, 0.1) is 5.56 Å². The second-order valence-corrected chi connectivity index (χ2v) is 7.49. The Morgan fingerprint density at radius 3 is 1.90 bits per heavy atom. The molecular formula is C22H19F3N2O3. The largest absolute Gasteiger partial charge is 0.416 e. The van der Waals surface area contributed by atoms with Crippen LogP contribution in [0.25, 0.3) is 0 Å². The predicted octanol–water partition coefficient (Wildman–Crippen LogP) is 3.70. The lowest BCUT2D eigenvalue weighted by Crippen LogP contribution is -2.68. The second kappa shape index (κ2) is 7.36. The Labute approximate surface area is 170 Å². The molecule has 0 radical (unpaired) electrons. The van der Waals surface area contributed by atoms with E-state index in [9.17, 15) is 27.6 Å². The van der Waals surface area contributed by atoms with Crippen molar-refractivity contribution < 1.29 is 27.6 Å². The van der Waals surface area contributed by atoms with Crippen LogP contribution in [0.5, 0.6) is 0 Å². The number of carbonyl (C=O) groups is 3. The van der Waals surface area contributed by atoms with Crippen molar-refractivity contribution in [2.45, 2.75) is 31.1 Å². The van der Waals surface area contributed by atoms with Gasteiger partial charge in [0.25, 0.3) is 5.91 Å². The summed E-state index contributed by atoms with van der Waals surface area (Å²) < 4.78 is 38.4. The lowest BCUT2D eigenvalue weighted by molar-refractivity contribution is -0.137. The van der Waals surface area contributed by atoms with E-state index in [0.717, 1.165) is 43.5 Å². The Morgan fingerprint density at radius 2 is 1.40 bits per heavy atom. The highest BCUT2D eigenvalue weighted by Gasteiger charge is 2.58. The SMILES string of the molecule is O=C(NC1(N2CCCCC2)C(=O)c2ccccc2C1=O)c1ccc(C(F)(F)F)cc1. The first-order valence-corrected chi connectivity index (χ1v) is 9.68. The third kappa shape index (κ3) is 3.21. The molecule has 30 heavy (non-hydrogen) atoms. The van der Waals surface area contributed by atoms with Crippen molar-refractivity contribution in [3.8, 4) is 0 Å². The fourth-order valence-electron chi connectivity index (χ4n) is 4.13. The summed E-state index contributed by atoms with van der Waals surface area (Å²) in [7, 11) is 0. The predicted molar refractivity (Wildman–Crippen MR) is 102 cm³/mol. The number of amides is 1. The van der Waals surface area contributed by atoms with Gasteiger partial charge in [-0.25, -0.2) is 0 Å². The zero-order chi connectivity index (χ0) is 21.5. The molecule has 2 aromatic rings. The minimum atomic E-state index is -4.52. The Hall–Kier alpha value is -3.00. The average molecular weight is 416 g/mol. The van der Waals surface area contributed by atoms with Gasteiger partial charge in [-0.05, 0) is 37.1 Å². The number of likely N-dealkylation sites (tertiary alicyclic amines) is 1. The number of nitrogens with one attached hydrogen (secondary N) is 1. The first-order valence-electron chi connectivity index (χ1n) is 9.68. The Morgan fingerprint density at radius 1 is 0.867 bits per heavy atom. The van der Waals surface area contributed by atoms with Gasteiger partial charge in [-0.2, -0.15) is 13.2 Å². The average Bonchev–Trinajstić information content (AvgIpc) is 2.96.